The van der Waals surface area contributed by atoms with Gasteiger partial charge in [0.2, 0.25) is 10.0 Å². The van der Waals surface area contributed by atoms with Gasteiger partial charge < -0.3 is 9.47 Å². The van der Waals surface area contributed by atoms with E-state index >= 15 is 0 Å². The highest BCUT2D eigenvalue weighted by Gasteiger charge is 2.16. The van der Waals surface area contributed by atoms with Crippen molar-refractivity contribution in [2.75, 3.05) is 33.5 Å². The van der Waals surface area contributed by atoms with E-state index in [0.29, 0.717) is 37.3 Å². The Kier molecular flexibility index (Phi) is 8.23. The van der Waals surface area contributed by atoms with Crippen LogP contribution in [0.1, 0.15) is 6.42 Å². The van der Waals surface area contributed by atoms with Gasteiger partial charge in [0.15, 0.2) is 0 Å². The number of halogens is 2. The third kappa shape index (κ3) is 6.19. The van der Waals surface area contributed by atoms with Gasteiger partial charge >= 0.3 is 0 Å². The summed E-state index contributed by atoms with van der Waals surface area (Å²) < 4.78 is 38.1. The molecule has 0 saturated heterocycles. The maximum atomic E-state index is 12.1. The van der Waals surface area contributed by atoms with Gasteiger partial charge in [-0.3, -0.25) is 0 Å². The molecule has 0 aliphatic carbocycles. The molecule has 1 aromatic carbocycles. The lowest BCUT2D eigenvalue weighted by molar-refractivity contribution is 0.0699. The highest BCUT2D eigenvalue weighted by molar-refractivity contribution is 9.11. The lowest BCUT2D eigenvalue weighted by atomic mass is 10.4. The second-order valence-corrected chi connectivity index (χ2v) is 7.44. The van der Waals surface area contributed by atoms with Crippen LogP contribution in [-0.2, 0) is 19.5 Å². The fourth-order valence-electron chi connectivity index (χ4n) is 1.40. The quantitative estimate of drug-likeness (QED) is 0.611. The Hall–Kier alpha value is 0.01000. The van der Waals surface area contributed by atoms with Gasteiger partial charge in [0.25, 0.3) is 0 Å². The summed E-state index contributed by atoms with van der Waals surface area (Å²) in [6, 6.07) is 4.93. The molecule has 1 N–H and O–H groups in total. The van der Waals surface area contributed by atoms with Gasteiger partial charge in [0.1, 0.15) is 0 Å². The fraction of sp³-hybridized carbons (Fsp3) is 0.500. The molecule has 0 atom stereocenters. The number of hydrogen-bond donors (Lipinski definition) is 1. The summed E-state index contributed by atoms with van der Waals surface area (Å²) >= 11 is 6.53. The molecule has 0 spiro atoms. The van der Waals surface area contributed by atoms with E-state index in [0.717, 1.165) is 4.47 Å². The van der Waals surface area contributed by atoms with E-state index in [9.17, 15) is 8.42 Å². The molecule has 0 saturated carbocycles. The molecular formula is C12H17Br2NO4S. The zero-order chi connectivity index (χ0) is 15.0. The number of ether oxygens (including phenoxy) is 2. The van der Waals surface area contributed by atoms with E-state index in [1.807, 2.05) is 0 Å². The Morgan fingerprint density at radius 2 is 1.95 bits per heavy atom. The van der Waals surface area contributed by atoms with Crippen LogP contribution in [0.2, 0.25) is 0 Å². The van der Waals surface area contributed by atoms with E-state index in [4.69, 9.17) is 9.47 Å². The van der Waals surface area contributed by atoms with Crippen LogP contribution in [0.3, 0.4) is 0 Å². The summed E-state index contributed by atoms with van der Waals surface area (Å²) in [6.07, 6.45) is 0.608. The minimum Gasteiger partial charge on any atom is -0.382 e. The number of benzene rings is 1. The highest BCUT2D eigenvalue weighted by atomic mass is 79.9. The first kappa shape index (κ1) is 18.1. The van der Waals surface area contributed by atoms with E-state index in [2.05, 4.69) is 36.6 Å². The molecule has 0 amide bonds. The predicted molar refractivity (Wildman–Crippen MR) is 84.3 cm³/mol. The van der Waals surface area contributed by atoms with Crippen LogP contribution in [0, 0.1) is 0 Å². The third-order valence-corrected chi connectivity index (χ3v) is 5.30. The molecule has 0 radical (unpaired) electrons. The normalized spacial score (nSPS) is 11.8. The summed E-state index contributed by atoms with van der Waals surface area (Å²) in [5, 5.41) is 0. The highest BCUT2D eigenvalue weighted by Crippen LogP contribution is 2.25. The number of sulfonamides is 1. The van der Waals surface area contributed by atoms with Crippen molar-refractivity contribution in [2.45, 2.75) is 11.3 Å². The van der Waals surface area contributed by atoms with Crippen molar-refractivity contribution in [3.63, 3.8) is 0 Å². The third-order valence-electron chi connectivity index (χ3n) is 2.37. The molecule has 20 heavy (non-hydrogen) atoms. The Labute approximate surface area is 136 Å². The van der Waals surface area contributed by atoms with Crippen molar-refractivity contribution >= 4 is 41.9 Å². The van der Waals surface area contributed by atoms with Crippen molar-refractivity contribution in [3.8, 4) is 0 Å². The van der Waals surface area contributed by atoms with E-state index < -0.39 is 10.0 Å². The van der Waals surface area contributed by atoms with Crippen molar-refractivity contribution < 1.29 is 17.9 Å². The van der Waals surface area contributed by atoms with Crippen molar-refractivity contribution in [2.24, 2.45) is 0 Å². The Morgan fingerprint density at radius 3 is 2.60 bits per heavy atom. The first-order valence-corrected chi connectivity index (χ1v) is 9.05. The average Bonchev–Trinajstić information content (AvgIpc) is 2.37. The van der Waals surface area contributed by atoms with E-state index in [1.54, 1.807) is 25.3 Å². The minimum absolute atomic E-state index is 0.223. The summed E-state index contributed by atoms with van der Waals surface area (Å²) in [7, 11) is -1.90. The second kappa shape index (κ2) is 9.11. The molecule has 5 nitrogen and oxygen atoms in total. The SMILES string of the molecule is COCCOCCCNS(=O)(=O)c1ccc(Br)cc1Br. The van der Waals surface area contributed by atoms with Crippen LogP contribution < -0.4 is 4.72 Å². The standard InChI is InChI=1S/C12H17Br2NO4S/c1-18-7-8-19-6-2-5-15-20(16,17)12-4-3-10(13)9-11(12)14/h3-4,9,15H,2,5-8H2,1H3. The largest absolute Gasteiger partial charge is 0.382 e. The number of hydrogen-bond acceptors (Lipinski definition) is 4. The van der Waals surface area contributed by atoms with E-state index in [1.165, 1.54) is 0 Å². The minimum atomic E-state index is -3.50. The summed E-state index contributed by atoms with van der Waals surface area (Å²) in [4.78, 5) is 0.223. The molecule has 0 aromatic heterocycles. The lowest BCUT2D eigenvalue weighted by Gasteiger charge is -2.09. The van der Waals surface area contributed by atoms with Gasteiger partial charge in [-0.2, -0.15) is 0 Å². The monoisotopic (exact) mass is 429 g/mol. The molecule has 0 bridgehead atoms. The van der Waals surface area contributed by atoms with Crippen LogP contribution in [0.4, 0.5) is 0 Å². The van der Waals surface area contributed by atoms with Gasteiger partial charge in [-0.25, -0.2) is 13.1 Å². The lowest BCUT2D eigenvalue weighted by Crippen LogP contribution is -2.26. The summed E-state index contributed by atoms with van der Waals surface area (Å²) in [5.74, 6) is 0. The van der Waals surface area contributed by atoms with Gasteiger partial charge in [0.05, 0.1) is 18.1 Å². The smallest absolute Gasteiger partial charge is 0.241 e. The molecule has 8 heteroatoms. The molecule has 1 aromatic rings. The maximum absolute atomic E-state index is 12.1. The summed E-state index contributed by atoms with van der Waals surface area (Å²) in [6.45, 7) is 1.88. The molecule has 0 fully saturated rings. The molecule has 0 unspecified atom stereocenters. The number of nitrogens with one attached hydrogen (secondary N) is 1. The first-order valence-electron chi connectivity index (χ1n) is 5.99. The van der Waals surface area contributed by atoms with Gasteiger partial charge in [-0.15, -0.1) is 0 Å². The Morgan fingerprint density at radius 1 is 1.20 bits per heavy atom. The van der Waals surface area contributed by atoms with Crippen LogP contribution in [0.15, 0.2) is 32.0 Å². The molecule has 1 rings (SSSR count). The predicted octanol–water partition coefficient (Wildman–Crippen LogP) is 2.54. The van der Waals surface area contributed by atoms with Crippen LogP contribution in [0.25, 0.3) is 0 Å². The van der Waals surface area contributed by atoms with Crippen LogP contribution >= 0.6 is 31.9 Å². The van der Waals surface area contributed by atoms with Crippen molar-refractivity contribution in [1.29, 1.82) is 0 Å². The van der Waals surface area contributed by atoms with Crippen LogP contribution in [0.5, 0.6) is 0 Å². The molecule has 114 valence electrons. The zero-order valence-electron chi connectivity index (χ0n) is 11.1. The fourth-order valence-corrected chi connectivity index (χ4v) is 4.21. The Bertz CT molecular complexity index is 522. The summed E-state index contributed by atoms with van der Waals surface area (Å²) in [5.41, 5.74) is 0. The molecule has 0 aliphatic rings. The maximum Gasteiger partial charge on any atom is 0.241 e. The van der Waals surface area contributed by atoms with Gasteiger partial charge in [0, 0.05) is 29.2 Å². The van der Waals surface area contributed by atoms with E-state index in [-0.39, 0.29) is 4.90 Å². The first-order chi connectivity index (χ1) is 9.47. The number of methoxy groups -OCH3 is 1. The van der Waals surface area contributed by atoms with Gasteiger partial charge in [-0.1, -0.05) is 15.9 Å². The molecular weight excluding hydrogens is 414 g/mol. The van der Waals surface area contributed by atoms with Gasteiger partial charge in [-0.05, 0) is 40.5 Å². The topological polar surface area (TPSA) is 64.6 Å². The van der Waals surface area contributed by atoms with Crippen molar-refractivity contribution in [1.82, 2.24) is 4.72 Å². The zero-order valence-corrected chi connectivity index (χ0v) is 15.1. The van der Waals surface area contributed by atoms with Crippen molar-refractivity contribution in [3.05, 3.63) is 27.1 Å². The average molecular weight is 431 g/mol. The Balaban J connectivity index is 2.42. The van der Waals surface area contributed by atoms with Crippen LogP contribution in [-0.4, -0.2) is 41.9 Å². The number of rotatable bonds is 9. The second-order valence-electron chi connectivity index (χ2n) is 3.93. The molecule has 0 heterocycles. The molecule has 0 aliphatic heterocycles.